The lowest BCUT2D eigenvalue weighted by molar-refractivity contribution is 0.590. The number of hydrogen-bond donors (Lipinski definition) is 0. The molecule has 0 atom stereocenters. The molecule has 0 aliphatic heterocycles. The first-order chi connectivity index (χ1) is 44.3. The first-order valence-electron chi connectivity index (χ1n) is 32.9. The molecule has 90 heavy (non-hydrogen) atoms. The molecule has 0 aliphatic carbocycles. The van der Waals surface area contributed by atoms with Gasteiger partial charge in [0.1, 0.15) is 0 Å². The number of thiophene rings is 1. The Morgan fingerprint density at radius 2 is 0.789 bits per heavy atom. The summed E-state index contributed by atoms with van der Waals surface area (Å²) in [5.41, 5.74) is 19.5. The highest BCUT2D eigenvalue weighted by Crippen LogP contribution is 2.54. The molecular weight excluding hydrogens is 1130 g/mol. The molecule has 1 heterocycles. The number of halogens is 1. The van der Waals surface area contributed by atoms with Crippen LogP contribution in [0.5, 0.6) is 0 Å². The fourth-order valence-electron chi connectivity index (χ4n) is 12.8. The zero-order valence-electron chi connectivity index (χ0n) is 56.8. The highest BCUT2D eigenvalue weighted by molar-refractivity contribution is 7.17. The van der Waals surface area contributed by atoms with Gasteiger partial charge in [0.2, 0.25) is 0 Å². The minimum absolute atomic E-state index is 0.0396. The molecule has 12 aromatic carbocycles. The molecule has 4 heteroatoms. The van der Waals surface area contributed by atoms with Gasteiger partial charge in [-0.1, -0.05) is 277 Å². The van der Waals surface area contributed by atoms with E-state index in [4.69, 9.17) is 13.0 Å². The number of anilines is 6. The third kappa shape index (κ3) is 11.6. The lowest BCUT2D eigenvalue weighted by atomic mass is 9.81. The van der Waals surface area contributed by atoms with Gasteiger partial charge in [0.15, 0.2) is 0 Å². The second kappa shape index (κ2) is 23.4. The zero-order valence-corrected chi connectivity index (χ0v) is 55.3. The summed E-state index contributed by atoms with van der Waals surface area (Å²) in [5.74, 6) is 0. The third-order valence-electron chi connectivity index (χ3n) is 17.7. The van der Waals surface area contributed by atoms with Crippen LogP contribution < -0.4 is 9.80 Å². The van der Waals surface area contributed by atoms with E-state index in [0.717, 1.165) is 100 Å². The van der Waals surface area contributed by atoms with Crippen LogP contribution in [0, 0.1) is 0 Å². The minimum Gasteiger partial charge on any atom is -0.310 e. The predicted molar refractivity (Wildman–Crippen MR) is 393 cm³/mol. The number of rotatable bonds is 11. The van der Waals surface area contributed by atoms with Gasteiger partial charge in [0, 0.05) is 54.2 Å². The maximum absolute atomic E-state index is 10.1. The van der Waals surface area contributed by atoms with Gasteiger partial charge in [-0.25, -0.2) is 0 Å². The summed E-state index contributed by atoms with van der Waals surface area (Å²) in [4.78, 5) is 4.66. The highest BCUT2D eigenvalue weighted by atomic mass is 35.5. The summed E-state index contributed by atoms with van der Waals surface area (Å²) in [6.07, 6.45) is 0. The Morgan fingerprint density at radius 1 is 0.344 bits per heavy atom. The van der Waals surface area contributed by atoms with Crippen molar-refractivity contribution in [1.29, 1.82) is 0 Å². The standard InChI is InChI=1S/C86H79ClN2S/c1-83(2,3)61-43-45-77(74(49-61)59-34-26-35-60(46-59)81-71-40-24-22-38-69(71)80(58-32-20-15-21-33-58)70-39-23-25-41-72(70)81)88(66-37-27-36-65(87)53-66)67-47-63(85(7,8)9)48-68(54-67)89(78-55-90-79-52-62(84(4,5)6)42-44-73(78)79)82-75(56-28-16-13-17-29-56)50-64(86(10,11)12)51-76(82)57-30-18-14-19-31-57/h13-55H,1-12H3/i27D,36D,53D. The Labute approximate surface area is 547 Å². The van der Waals surface area contributed by atoms with Gasteiger partial charge in [-0.3, -0.25) is 0 Å². The highest BCUT2D eigenvalue weighted by Gasteiger charge is 2.32. The second-order valence-corrected chi connectivity index (χ2v) is 29.4. The molecule has 1 aromatic heterocycles. The van der Waals surface area contributed by atoms with Crippen LogP contribution in [0.15, 0.2) is 260 Å². The Bertz CT molecular complexity index is 4890. The van der Waals surface area contributed by atoms with Crippen molar-refractivity contribution in [2.75, 3.05) is 9.80 Å². The van der Waals surface area contributed by atoms with Crippen LogP contribution in [0.3, 0.4) is 0 Å². The SMILES string of the molecule is [2H]c1cc(N(c2cc(N(c3c(-c4ccccc4)cc(C(C)(C)C)cc3-c3ccccc3)c3csc4cc(C(C)(C)C)ccc34)cc(C(C)(C)C)c2)c2ccc(C(C)(C)C)cc2-c2cccc(-c3c4ccccc4c(-c4ccccc4)c4ccccc34)c2)c([2H])c(Cl)c1[2H]. The summed E-state index contributed by atoms with van der Waals surface area (Å²) in [6, 6.07) is 85.7. The smallest absolute Gasteiger partial charge is 0.0661 e. The number of benzene rings is 12. The molecule has 0 amide bonds. The molecule has 2 nitrogen and oxygen atoms in total. The van der Waals surface area contributed by atoms with Gasteiger partial charge in [0.05, 0.1) is 21.2 Å². The molecule has 13 aromatic rings. The van der Waals surface area contributed by atoms with E-state index in [1.807, 2.05) is 0 Å². The van der Waals surface area contributed by atoms with E-state index in [2.05, 4.69) is 329 Å². The van der Waals surface area contributed by atoms with Crippen LogP contribution >= 0.6 is 22.9 Å². The predicted octanol–water partition coefficient (Wildman–Crippen LogP) is 26.3. The fourth-order valence-corrected chi connectivity index (χ4v) is 13.9. The van der Waals surface area contributed by atoms with Gasteiger partial charge in [-0.15, -0.1) is 11.3 Å². The van der Waals surface area contributed by atoms with E-state index in [-0.39, 0.29) is 39.4 Å². The summed E-state index contributed by atoms with van der Waals surface area (Å²) >= 11 is 8.94. The van der Waals surface area contributed by atoms with Crippen molar-refractivity contribution in [3.8, 4) is 55.6 Å². The van der Waals surface area contributed by atoms with E-state index in [1.165, 1.54) is 37.7 Å². The maximum Gasteiger partial charge on any atom is 0.0661 e. The normalized spacial score (nSPS) is 12.7. The summed E-state index contributed by atoms with van der Waals surface area (Å²) in [7, 11) is 0. The molecule has 13 rings (SSSR count). The van der Waals surface area contributed by atoms with Crippen molar-refractivity contribution < 1.29 is 4.11 Å². The van der Waals surface area contributed by atoms with Crippen LogP contribution in [0.2, 0.25) is 5.02 Å². The van der Waals surface area contributed by atoms with Crippen molar-refractivity contribution in [2.24, 2.45) is 0 Å². The van der Waals surface area contributed by atoms with Crippen molar-refractivity contribution in [3.63, 3.8) is 0 Å². The first-order valence-corrected chi connectivity index (χ1v) is 32.7. The summed E-state index contributed by atoms with van der Waals surface area (Å²) in [6.45, 7) is 27.3. The van der Waals surface area contributed by atoms with E-state index in [1.54, 1.807) is 17.4 Å². The Hall–Kier alpha value is -8.99. The first kappa shape index (κ1) is 56.3. The van der Waals surface area contributed by atoms with Crippen LogP contribution in [-0.2, 0) is 21.7 Å². The lowest BCUT2D eigenvalue weighted by Crippen LogP contribution is -2.19. The molecule has 0 radical (unpaired) electrons. The number of fused-ring (bicyclic) bond motifs is 3. The van der Waals surface area contributed by atoms with Gasteiger partial charge in [-0.2, -0.15) is 0 Å². The molecule has 0 saturated carbocycles. The average molecular weight is 1210 g/mol. The molecular formula is C86H79ClN2S. The topological polar surface area (TPSA) is 6.48 Å². The Kier molecular flexibility index (Phi) is 14.6. The van der Waals surface area contributed by atoms with E-state index < -0.39 is 5.41 Å². The molecule has 0 unspecified atom stereocenters. The Balaban J connectivity index is 1.14. The van der Waals surface area contributed by atoms with E-state index in [9.17, 15) is 2.74 Å². The van der Waals surface area contributed by atoms with Crippen molar-refractivity contribution in [2.45, 2.75) is 105 Å². The molecule has 0 saturated heterocycles. The summed E-state index contributed by atoms with van der Waals surface area (Å²) in [5, 5.41) is 8.06. The number of nitrogens with zero attached hydrogens (tertiary/aromatic N) is 2. The van der Waals surface area contributed by atoms with E-state index >= 15 is 0 Å². The van der Waals surface area contributed by atoms with Crippen LogP contribution in [0.4, 0.5) is 34.1 Å². The molecule has 0 spiro atoms. The third-order valence-corrected chi connectivity index (χ3v) is 18.9. The van der Waals surface area contributed by atoms with Crippen LogP contribution in [0.1, 0.15) is 109 Å². The average Bonchev–Trinajstić information content (AvgIpc) is 1.52. The quantitative estimate of drug-likeness (QED) is 0.119. The molecule has 0 fully saturated rings. The molecule has 0 bridgehead atoms. The molecule has 446 valence electrons. The van der Waals surface area contributed by atoms with Gasteiger partial charge in [-0.05, 0) is 177 Å². The maximum atomic E-state index is 10.1. The largest absolute Gasteiger partial charge is 0.310 e. The van der Waals surface area contributed by atoms with Crippen LogP contribution in [-0.4, -0.2) is 0 Å². The van der Waals surface area contributed by atoms with Gasteiger partial charge >= 0.3 is 0 Å². The van der Waals surface area contributed by atoms with Crippen molar-refractivity contribution >= 4 is 88.7 Å². The second-order valence-electron chi connectivity index (χ2n) is 28.2. The monoisotopic (exact) mass is 1210 g/mol. The fraction of sp³-hybridized carbons (Fsp3) is 0.186. The molecule has 0 N–H and O–H groups in total. The van der Waals surface area contributed by atoms with Crippen LogP contribution in [0.25, 0.3) is 87.3 Å². The van der Waals surface area contributed by atoms with Gasteiger partial charge in [0.25, 0.3) is 0 Å². The van der Waals surface area contributed by atoms with Gasteiger partial charge < -0.3 is 9.80 Å². The van der Waals surface area contributed by atoms with E-state index in [0.29, 0.717) is 5.69 Å². The Morgan fingerprint density at radius 3 is 1.33 bits per heavy atom. The zero-order chi connectivity index (χ0) is 65.5. The van der Waals surface area contributed by atoms with Crippen molar-refractivity contribution in [3.05, 3.63) is 287 Å². The lowest BCUT2D eigenvalue weighted by Gasteiger charge is -2.35. The summed E-state index contributed by atoms with van der Waals surface area (Å²) < 4.78 is 29.8. The van der Waals surface area contributed by atoms with Crippen molar-refractivity contribution in [1.82, 2.24) is 0 Å². The minimum atomic E-state index is -0.414. The molecule has 0 aliphatic rings. The number of hydrogen-bond acceptors (Lipinski definition) is 3.